The number of ether oxygens (including phenoxy) is 2. The van der Waals surface area contributed by atoms with E-state index in [1.165, 1.54) is 12.8 Å². The number of hydrogen-bond acceptors (Lipinski definition) is 6. The lowest BCUT2D eigenvalue weighted by Gasteiger charge is -2.27. The van der Waals surface area contributed by atoms with Gasteiger partial charge in [-0.1, -0.05) is 0 Å². The summed E-state index contributed by atoms with van der Waals surface area (Å²) < 4.78 is 10.9. The summed E-state index contributed by atoms with van der Waals surface area (Å²) in [4.78, 5) is 27.1. The van der Waals surface area contributed by atoms with E-state index in [9.17, 15) is 4.79 Å². The van der Waals surface area contributed by atoms with E-state index in [1.807, 2.05) is 18.3 Å². The Balaban J connectivity index is 1.42. The molecule has 2 fully saturated rings. The van der Waals surface area contributed by atoms with Crippen LogP contribution in [0.5, 0.6) is 5.75 Å². The molecule has 8 heteroatoms. The van der Waals surface area contributed by atoms with Crippen LogP contribution >= 0.6 is 0 Å². The zero-order chi connectivity index (χ0) is 19.8. The lowest BCUT2D eigenvalue weighted by Crippen LogP contribution is -2.40. The molecule has 1 aliphatic heterocycles. The third-order valence-electron chi connectivity index (χ3n) is 5.40. The highest BCUT2D eigenvalue weighted by Crippen LogP contribution is 2.42. The molecule has 0 unspecified atom stereocenters. The van der Waals surface area contributed by atoms with Gasteiger partial charge in [-0.15, -0.1) is 0 Å². The molecule has 3 aromatic rings. The number of benzene rings is 1. The van der Waals surface area contributed by atoms with Crippen molar-refractivity contribution >= 4 is 28.6 Å². The third kappa shape index (κ3) is 3.51. The van der Waals surface area contributed by atoms with Gasteiger partial charge in [-0.25, -0.2) is 4.98 Å². The molecule has 0 bridgehead atoms. The Labute approximate surface area is 168 Å². The second-order valence-electron chi connectivity index (χ2n) is 7.39. The topological polar surface area (TPSA) is 92.4 Å². The van der Waals surface area contributed by atoms with E-state index in [2.05, 4.69) is 15.3 Å². The molecule has 29 heavy (non-hydrogen) atoms. The van der Waals surface area contributed by atoms with E-state index in [1.54, 1.807) is 24.1 Å². The summed E-state index contributed by atoms with van der Waals surface area (Å²) in [6.45, 7) is 2.36. The van der Waals surface area contributed by atoms with Crippen LogP contribution in [0.4, 0.5) is 11.6 Å². The molecule has 0 radical (unpaired) electrons. The highest BCUT2D eigenvalue weighted by molar-refractivity contribution is 5.95. The van der Waals surface area contributed by atoms with Crippen LogP contribution in [0.2, 0.25) is 0 Å². The van der Waals surface area contributed by atoms with Gasteiger partial charge in [-0.3, -0.25) is 4.79 Å². The van der Waals surface area contributed by atoms with Crippen LogP contribution in [0, 0.1) is 0 Å². The molecule has 1 saturated carbocycles. The summed E-state index contributed by atoms with van der Waals surface area (Å²) in [5.41, 5.74) is 3.21. The Bertz CT molecular complexity index is 1050. The van der Waals surface area contributed by atoms with E-state index in [0.29, 0.717) is 49.5 Å². The Morgan fingerprint density at radius 2 is 2.07 bits per heavy atom. The lowest BCUT2D eigenvalue weighted by atomic mass is 10.1. The van der Waals surface area contributed by atoms with E-state index < -0.39 is 0 Å². The van der Waals surface area contributed by atoms with Crippen LogP contribution in [0.1, 0.15) is 34.8 Å². The average Bonchev–Trinajstić information content (AvgIpc) is 3.50. The molecule has 3 heterocycles. The molecule has 1 amide bonds. The van der Waals surface area contributed by atoms with E-state index in [0.717, 1.165) is 22.4 Å². The zero-order valence-electron chi connectivity index (χ0n) is 16.3. The molecule has 2 N–H and O–H groups in total. The van der Waals surface area contributed by atoms with Crippen molar-refractivity contribution in [2.24, 2.45) is 0 Å². The molecular weight excluding hydrogens is 370 g/mol. The summed E-state index contributed by atoms with van der Waals surface area (Å²) >= 11 is 0. The maximum absolute atomic E-state index is 12.7. The second-order valence-corrected chi connectivity index (χ2v) is 7.39. The molecule has 2 aliphatic rings. The molecule has 0 spiro atoms. The van der Waals surface area contributed by atoms with Crippen LogP contribution in [-0.4, -0.2) is 59.2 Å². The Kier molecular flexibility index (Phi) is 4.55. The van der Waals surface area contributed by atoms with E-state index in [4.69, 9.17) is 14.5 Å². The van der Waals surface area contributed by atoms with Gasteiger partial charge in [0.2, 0.25) is 5.95 Å². The minimum absolute atomic E-state index is 0.0155. The summed E-state index contributed by atoms with van der Waals surface area (Å²) in [7, 11) is 1.59. The van der Waals surface area contributed by atoms with Crippen LogP contribution < -0.4 is 10.1 Å². The van der Waals surface area contributed by atoms with Crippen LogP contribution in [-0.2, 0) is 4.74 Å². The number of amides is 1. The van der Waals surface area contributed by atoms with Crippen molar-refractivity contribution in [3.8, 4) is 5.75 Å². The van der Waals surface area contributed by atoms with Gasteiger partial charge in [0, 0.05) is 36.2 Å². The predicted octanol–water partition coefficient (Wildman–Crippen LogP) is 3.06. The maximum Gasteiger partial charge on any atom is 0.254 e. The molecule has 8 nitrogen and oxygen atoms in total. The summed E-state index contributed by atoms with van der Waals surface area (Å²) in [5.74, 6) is 1.59. The monoisotopic (exact) mass is 393 g/mol. The maximum atomic E-state index is 12.7. The van der Waals surface area contributed by atoms with Gasteiger partial charge in [-0.2, -0.15) is 4.98 Å². The quantitative estimate of drug-likeness (QED) is 0.692. The first kappa shape index (κ1) is 17.9. The SMILES string of the molecule is COc1cc(C(=O)N2CCOCC2)ccc1Nc1nc(C2CC2)c2cc[nH]c2n1. The van der Waals surface area contributed by atoms with E-state index in [-0.39, 0.29) is 5.91 Å². The molecule has 1 aromatic carbocycles. The highest BCUT2D eigenvalue weighted by Gasteiger charge is 2.28. The number of nitrogens with one attached hydrogen (secondary N) is 2. The summed E-state index contributed by atoms with van der Waals surface area (Å²) in [5, 5.41) is 4.34. The number of anilines is 2. The number of rotatable bonds is 5. The molecule has 1 saturated heterocycles. The number of hydrogen-bond donors (Lipinski definition) is 2. The molecule has 0 atom stereocenters. The first-order valence-electron chi connectivity index (χ1n) is 9.90. The minimum atomic E-state index is -0.0155. The standard InChI is InChI=1S/C21H23N5O3/c1-28-17-12-14(20(27)26-8-10-29-11-9-26)4-5-16(17)23-21-24-18(13-2-3-13)15-6-7-22-19(15)25-21/h4-7,12-13H,2-3,8-11H2,1H3,(H2,22,23,24,25). The van der Waals surface area contributed by atoms with E-state index >= 15 is 0 Å². The van der Waals surface area contributed by atoms with Crippen molar-refractivity contribution in [3.05, 3.63) is 41.7 Å². The lowest BCUT2D eigenvalue weighted by molar-refractivity contribution is 0.0302. The fourth-order valence-electron chi connectivity index (χ4n) is 3.69. The first-order valence-corrected chi connectivity index (χ1v) is 9.90. The van der Waals surface area contributed by atoms with Crippen molar-refractivity contribution < 1.29 is 14.3 Å². The van der Waals surface area contributed by atoms with Gasteiger partial charge in [0.1, 0.15) is 11.4 Å². The molecular formula is C21H23N5O3. The number of carbonyl (C=O) groups excluding carboxylic acids is 1. The number of carbonyl (C=O) groups is 1. The van der Waals surface area contributed by atoms with Gasteiger partial charge >= 0.3 is 0 Å². The van der Waals surface area contributed by atoms with Gasteiger partial charge < -0.3 is 24.7 Å². The third-order valence-corrected chi connectivity index (χ3v) is 5.40. The number of fused-ring (bicyclic) bond motifs is 1. The number of H-pyrrole nitrogens is 1. The largest absolute Gasteiger partial charge is 0.495 e. The first-order chi connectivity index (χ1) is 14.2. The fraction of sp³-hybridized carbons (Fsp3) is 0.381. The number of aromatic amines is 1. The molecule has 150 valence electrons. The highest BCUT2D eigenvalue weighted by atomic mass is 16.5. The van der Waals surface area contributed by atoms with Gasteiger partial charge in [0.05, 0.1) is 31.7 Å². The second kappa shape index (κ2) is 7.36. The van der Waals surface area contributed by atoms with Gasteiger partial charge in [0.25, 0.3) is 5.91 Å². The van der Waals surface area contributed by atoms with Gasteiger partial charge in [-0.05, 0) is 37.1 Å². The number of morpholine rings is 1. The minimum Gasteiger partial charge on any atom is -0.495 e. The smallest absolute Gasteiger partial charge is 0.254 e. The van der Waals surface area contributed by atoms with Crippen LogP contribution in [0.25, 0.3) is 11.0 Å². The van der Waals surface area contributed by atoms with Crippen molar-refractivity contribution in [3.63, 3.8) is 0 Å². The Hall–Kier alpha value is -3.13. The number of nitrogens with zero attached hydrogens (tertiary/aromatic N) is 3. The Morgan fingerprint density at radius 3 is 2.83 bits per heavy atom. The Morgan fingerprint density at radius 1 is 1.24 bits per heavy atom. The van der Waals surface area contributed by atoms with Crippen LogP contribution in [0.15, 0.2) is 30.5 Å². The summed E-state index contributed by atoms with van der Waals surface area (Å²) in [6, 6.07) is 7.43. The molecule has 2 aromatic heterocycles. The molecule has 5 rings (SSSR count). The average molecular weight is 393 g/mol. The van der Waals surface area contributed by atoms with Crippen LogP contribution in [0.3, 0.4) is 0 Å². The molecule has 1 aliphatic carbocycles. The number of aromatic nitrogens is 3. The zero-order valence-corrected chi connectivity index (χ0v) is 16.3. The number of methoxy groups -OCH3 is 1. The van der Waals surface area contributed by atoms with Crippen molar-refractivity contribution in [2.75, 3.05) is 38.7 Å². The summed E-state index contributed by atoms with van der Waals surface area (Å²) in [6.07, 6.45) is 4.22. The van der Waals surface area contributed by atoms with Gasteiger partial charge in [0.15, 0.2) is 0 Å². The van der Waals surface area contributed by atoms with Crippen molar-refractivity contribution in [1.29, 1.82) is 0 Å². The van der Waals surface area contributed by atoms with Crippen molar-refractivity contribution in [1.82, 2.24) is 19.9 Å². The fourth-order valence-corrected chi connectivity index (χ4v) is 3.69. The predicted molar refractivity (Wildman–Crippen MR) is 109 cm³/mol. The normalized spacial score (nSPS) is 16.8. The van der Waals surface area contributed by atoms with Crippen molar-refractivity contribution in [2.45, 2.75) is 18.8 Å².